The van der Waals surface area contributed by atoms with E-state index in [1.54, 1.807) is 42.5 Å². The smallest absolute Gasteiger partial charge is 0.326 e. The Kier molecular flexibility index (Phi) is 13.4. The summed E-state index contributed by atoms with van der Waals surface area (Å²) in [6.07, 6.45) is 0.0646. The normalized spacial score (nSPS) is 15.3. The molecule has 53 heavy (non-hydrogen) atoms. The molecule has 1 saturated heterocycles. The zero-order chi connectivity index (χ0) is 38.7. The van der Waals surface area contributed by atoms with Crippen LogP contribution in [0.1, 0.15) is 34.3 Å². The van der Waals surface area contributed by atoms with Gasteiger partial charge in [0.05, 0.1) is 23.6 Å². The van der Waals surface area contributed by atoms with Crippen LogP contribution in [-0.4, -0.2) is 105 Å². The number of nitrogens with zero attached hydrogens (tertiary/aromatic N) is 2. The van der Waals surface area contributed by atoms with Gasteiger partial charge in [0, 0.05) is 31.1 Å². The van der Waals surface area contributed by atoms with Crippen molar-refractivity contribution >= 4 is 46.9 Å². The summed E-state index contributed by atoms with van der Waals surface area (Å²) in [4.78, 5) is 89.5. The number of para-hydroxylation sites is 1. The number of hydrogen-bond donors (Lipinski definition) is 8. The molecule has 5 amide bonds. The van der Waals surface area contributed by atoms with Gasteiger partial charge in [-0.2, -0.15) is 0 Å². The highest BCUT2D eigenvalue weighted by Crippen LogP contribution is 2.27. The number of nitrogens with one attached hydrogen (secondary N) is 4. The second-order valence-corrected chi connectivity index (χ2v) is 12.2. The van der Waals surface area contributed by atoms with Crippen LogP contribution in [-0.2, 0) is 36.8 Å². The number of nitro groups is 1. The first kappa shape index (κ1) is 39.2. The van der Waals surface area contributed by atoms with Crippen molar-refractivity contribution in [2.45, 2.75) is 49.9 Å². The number of aliphatic carboxylic acids is 1. The summed E-state index contributed by atoms with van der Waals surface area (Å²) in [5.41, 5.74) is 6.33. The summed E-state index contributed by atoms with van der Waals surface area (Å²) in [6, 6.07) is 12.6. The zero-order valence-corrected chi connectivity index (χ0v) is 28.3. The molecule has 0 radical (unpaired) electrons. The molecule has 1 fully saturated rings. The van der Waals surface area contributed by atoms with Gasteiger partial charge in [-0.25, -0.2) is 4.79 Å². The number of phenolic OH excluding ortho intramolecular Hbond substituents is 1. The lowest BCUT2D eigenvalue weighted by atomic mass is 10.0. The molecule has 4 atom stereocenters. The lowest BCUT2D eigenvalue weighted by molar-refractivity contribution is -0.385. The van der Waals surface area contributed by atoms with Crippen molar-refractivity contribution in [3.63, 3.8) is 0 Å². The maximum Gasteiger partial charge on any atom is 0.326 e. The quantitative estimate of drug-likeness (QED) is 0.0531. The molecule has 1 heterocycles. The van der Waals surface area contributed by atoms with Gasteiger partial charge in [-0.1, -0.05) is 48.5 Å². The summed E-state index contributed by atoms with van der Waals surface area (Å²) in [7, 11) is 0. The summed E-state index contributed by atoms with van der Waals surface area (Å²) in [6.45, 7) is -1.35. The largest absolute Gasteiger partial charge is 0.502 e. The Morgan fingerprint density at radius 2 is 1.57 bits per heavy atom. The molecule has 1 aliphatic rings. The maximum absolute atomic E-state index is 13.6. The molecule has 0 aromatic heterocycles. The number of anilines is 1. The minimum atomic E-state index is -1.56. The Balaban J connectivity index is 1.42. The fourth-order valence-corrected chi connectivity index (χ4v) is 5.77. The second-order valence-electron chi connectivity index (χ2n) is 12.2. The van der Waals surface area contributed by atoms with Gasteiger partial charge < -0.3 is 47.2 Å². The fourth-order valence-electron chi connectivity index (χ4n) is 5.77. The molecule has 18 nitrogen and oxygen atoms in total. The molecule has 0 unspecified atom stereocenters. The van der Waals surface area contributed by atoms with E-state index in [2.05, 4.69) is 21.3 Å². The first-order valence-electron chi connectivity index (χ1n) is 16.5. The van der Waals surface area contributed by atoms with E-state index in [4.69, 9.17) is 5.73 Å². The van der Waals surface area contributed by atoms with Crippen LogP contribution in [0.5, 0.6) is 5.75 Å². The minimum Gasteiger partial charge on any atom is -0.502 e. The number of carboxylic acids is 1. The highest BCUT2D eigenvalue weighted by Gasteiger charge is 2.39. The Hall–Kier alpha value is -6.56. The van der Waals surface area contributed by atoms with E-state index < -0.39 is 89.2 Å². The van der Waals surface area contributed by atoms with Crippen LogP contribution in [0.15, 0.2) is 72.8 Å². The van der Waals surface area contributed by atoms with Gasteiger partial charge in [-0.15, -0.1) is 0 Å². The number of aromatic hydroxyl groups is 1. The third-order valence-electron chi connectivity index (χ3n) is 8.48. The molecular weight excluding hydrogens is 694 g/mol. The van der Waals surface area contributed by atoms with Crippen LogP contribution in [0.3, 0.4) is 0 Å². The summed E-state index contributed by atoms with van der Waals surface area (Å²) < 4.78 is 0. The number of hydrogen-bond acceptors (Lipinski definition) is 11. The topological polar surface area (TPSA) is 284 Å². The Bertz CT molecular complexity index is 1860. The number of aliphatic hydroxyl groups is 1. The van der Waals surface area contributed by atoms with Crippen LogP contribution in [0.4, 0.5) is 11.4 Å². The van der Waals surface area contributed by atoms with Gasteiger partial charge in [-0.05, 0) is 42.2 Å². The number of aliphatic hydroxyl groups excluding tert-OH is 1. The first-order chi connectivity index (χ1) is 25.3. The maximum atomic E-state index is 13.6. The first-order valence-corrected chi connectivity index (χ1v) is 16.5. The van der Waals surface area contributed by atoms with Crippen molar-refractivity contribution in [1.82, 2.24) is 26.2 Å². The van der Waals surface area contributed by atoms with Gasteiger partial charge in [-0.3, -0.25) is 34.1 Å². The molecule has 9 N–H and O–H groups in total. The number of phenols is 1. The number of carbonyl (C=O) groups excluding carboxylic acids is 5. The lowest BCUT2D eigenvalue weighted by Crippen LogP contribution is -2.59. The van der Waals surface area contributed by atoms with E-state index in [1.807, 2.05) is 0 Å². The van der Waals surface area contributed by atoms with Crippen molar-refractivity contribution in [2.24, 2.45) is 0 Å². The number of nitro benzene ring substituents is 1. The summed E-state index contributed by atoms with van der Waals surface area (Å²) in [5.74, 6) is -5.95. The third-order valence-corrected chi connectivity index (χ3v) is 8.48. The molecule has 280 valence electrons. The minimum absolute atomic E-state index is 0.0279. The molecule has 3 aromatic carbocycles. The van der Waals surface area contributed by atoms with Crippen molar-refractivity contribution in [2.75, 3.05) is 25.4 Å². The lowest BCUT2D eigenvalue weighted by Gasteiger charge is -2.29. The van der Waals surface area contributed by atoms with E-state index >= 15 is 0 Å². The number of rotatable bonds is 16. The van der Waals surface area contributed by atoms with Crippen molar-refractivity contribution in [1.29, 1.82) is 0 Å². The molecule has 0 bridgehead atoms. The highest BCUT2D eigenvalue weighted by molar-refractivity contribution is 6.01. The van der Waals surface area contributed by atoms with Crippen LogP contribution < -0.4 is 27.0 Å². The Morgan fingerprint density at radius 3 is 2.23 bits per heavy atom. The molecule has 0 spiro atoms. The fraction of sp³-hybridized carbons (Fsp3) is 0.314. The average molecular weight is 734 g/mol. The van der Waals surface area contributed by atoms with Crippen LogP contribution >= 0.6 is 0 Å². The molecule has 18 heteroatoms. The number of nitrogens with two attached hydrogens (primary N) is 1. The predicted octanol–water partition coefficient (Wildman–Crippen LogP) is -0.380. The van der Waals surface area contributed by atoms with Gasteiger partial charge in [0.25, 0.3) is 5.91 Å². The standard InChI is InChI=1S/C35H39N7O11/c36-23-10-5-4-9-22(23)31(46)37-18-30(45)38-24(15-20-7-2-1-3-8-20)32(47)40-26(19-43)34(49)41-14-6-11-27(41)33(48)39-25(35(50)51)16-21-12-13-29(44)28(17-21)42(52)53/h1-5,7-10,12-13,17,24-27,43-44H,6,11,14-16,18-19,36H2,(H,37,46)(H,38,45)(H,39,48)(H,40,47)(H,50,51)/t24-,25-,26-,27-/m0/s1. The Labute approximate surface area is 302 Å². The molecule has 0 aliphatic carbocycles. The van der Waals surface area contributed by atoms with Crippen molar-refractivity contribution in [3.05, 3.63) is 99.6 Å². The van der Waals surface area contributed by atoms with Crippen LogP contribution in [0.25, 0.3) is 0 Å². The van der Waals surface area contributed by atoms with E-state index in [9.17, 15) is 54.2 Å². The Morgan fingerprint density at radius 1 is 0.887 bits per heavy atom. The second kappa shape index (κ2) is 18.1. The summed E-state index contributed by atoms with van der Waals surface area (Å²) >= 11 is 0. The van der Waals surface area contributed by atoms with Crippen molar-refractivity contribution in [3.8, 4) is 5.75 Å². The molecule has 3 aromatic rings. The molecular formula is C35H39N7O11. The van der Waals surface area contributed by atoms with Crippen LogP contribution in [0, 0.1) is 10.1 Å². The highest BCUT2D eigenvalue weighted by atomic mass is 16.6. The number of carbonyl (C=O) groups is 6. The van der Waals surface area contributed by atoms with Crippen molar-refractivity contribution < 1.29 is 49.0 Å². The van der Waals surface area contributed by atoms with E-state index in [0.29, 0.717) is 12.0 Å². The number of likely N-dealkylation sites (tertiary alicyclic amines) is 1. The third kappa shape index (κ3) is 10.5. The van der Waals surface area contributed by atoms with E-state index in [1.165, 1.54) is 18.2 Å². The van der Waals surface area contributed by atoms with Gasteiger partial charge >= 0.3 is 11.7 Å². The zero-order valence-electron chi connectivity index (χ0n) is 28.3. The monoisotopic (exact) mass is 733 g/mol. The van der Waals surface area contributed by atoms with Gasteiger partial charge in [0.1, 0.15) is 24.2 Å². The number of carboxylic acid groups (broad SMARTS) is 1. The number of benzene rings is 3. The van der Waals surface area contributed by atoms with E-state index in [0.717, 1.165) is 17.0 Å². The predicted molar refractivity (Wildman–Crippen MR) is 187 cm³/mol. The summed E-state index contributed by atoms with van der Waals surface area (Å²) in [5, 5.41) is 50.6. The average Bonchev–Trinajstić information content (AvgIpc) is 3.63. The SMILES string of the molecule is Nc1ccccc1C(=O)NCC(=O)N[C@@H](Cc1ccccc1)C(=O)N[C@@H](CO)C(=O)N1CCC[C@H]1C(=O)N[C@@H](Cc1ccc(O)c([N+](=O)[O-])c1)C(=O)O. The molecule has 0 saturated carbocycles. The number of amides is 5. The molecule has 4 rings (SSSR count). The van der Waals surface area contributed by atoms with Gasteiger partial charge in [0.2, 0.25) is 23.6 Å². The van der Waals surface area contributed by atoms with E-state index in [-0.39, 0.29) is 42.6 Å². The number of nitrogen functional groups attached to an aromatic ring is 1. The molecule has 1 aliphatic heterocycles. The van der Waals surface area contributed by atoms with Gasteiger partial charge in [0.15, 0.2) is 5.75 Å². The van der Waals surface area contributed by atoms with Crippen LogP contribution in [0.2, 0.25) is 0 Å².